The van der Waals surface area contributed by atoms with Gasteiger partial charge in [-0.25, -0.2) is 4.98 Å². The number of hydrogen-bond donors (Lipinski definition) is 2. The number of pyridine rings is 1. The highest BCUT2D eigenvalue weighted by molar-refractivity contribution is 6.34. The number of amides is 2. The number of halogens is 1. The van der Waals surface area contributed by atoms with E-state index in [1.807, 2.05) is 6.92 Å². The van der Waals surface area contributed by atoms with Crippen LogP contribution in [0.2, 0.25) is 5.02 Å². The Morgan fingerprint density at radius 3 is 2.70 bits per heavy atom. The van der Waals surface area contributed by atoms with Gasteiger partial charge >= 0.3 is 0 Å². The molecule has 0 aromatic carbocycles. The summed E-state index contributed by atoms with van der Waals surface area (Å²) in [5, 5.41) is 9.78. The fourth-order valence-corrected chi connectivity index (χ4v) is 2.36. The molecule has 0 spiro atoms. The number of aryl methyl sites for hydroxylation is 1. The average molecular weight is 334 g/mol. The smallest absolute Gasteiger partial charge is 0.275 e. The van der Waals surface area contributed by atoms with E-state index >= 15 is 0 Å². The largest absolute Gasteiger partial charge is 0.319 e. The summed E-state index contributed by atoms with van der Waals surface area (Å²) in [5.41, 5.74) is 0.819. The highest BCUT2D eigenvalue weighted by Gasteiger charge is 2.29. The minimum atomic E-state index is -0.356. The zero-order valence-electron chi connectivity index (χ0n) is 12.5. The molecule has 1 aliphatic rings. The molecule has 0 radical (unpaired) electrons. The van der Waals surface area contributed by atoms with Crippen molar-refractivity contribution in [2.24, 2.45) is 5.92 Å². The van der Waals surface area contributed by atoms with Crippen LogP contribution in [0.3, 0.4) is 0 Å². The maximum Gasteiger partial charge on any atom is 0.275 e. The quantitative estimate of drug-likeness (QED) is 0.880. The maximum absolute atomic E-state index is 12.3. The number of carbonyl (C=O) groups is 2. The first-order valence-electron chi connectivity index (χ1n) is 7.38. The van der Waals surface area contributed by atoms with Crippen LogP contribution in [0.1, 0.15) is 30.3 Å². The van der Waals surface area contributed by atoms with Crippen LogP contribution in [0, 0.1) is 5.92 Å². The Hall–Kier alpha value is -2.41. The van der Waals surface area contributed by atoms with Gasteiger partial charge in [-0.15, -0.1) is 0 Å². The van der Waals surface area contributed by atoms with Crippen LogP contribution in [0.25, 0.3) is 0 Å². The minimum absolute atomic E-state index is 0.00656. The summed E-state index contributed by atoms with van der Waals surface area (Å²) >= 11 is 6.00. The van der Waals surface area contributed by atoms with E-state index in [1.165, 1.54) is 17.1 Å². The Morgan fingerprint density at radius 1 is 1.30 bits per heavy atom. The van der Waals surface area contributed by atoms with Gasteiger partial charge in [0.1, 0.15) is 11.5 Å². The van der Waals surface area contributed by atoms with Gasteiger partial charge in [0, 0.05) is 12.5 Å². The predicted molar refractivity (Wildman–Crippen MR) is 86.5 cm³/mol. The summed E-state index contributed by atoms with van der Waals surface area (Å²) < 4.78 is 1.52. The Balaban J connectivity index is 1.66. The molecule has 2 heterocycles. The third-order valence-corrected chi connectivity index (χ3v) is 3.81. The van der Waals surface area contributed by atoms with Crippen LogP contribution in [0.5, 0.6) is 0 Å². The van der Waals surface area contributed by atoms with Gasteiger partial charge in [0.2, 0.25) is 5.91 Å². The van der Waals surface area contributed by atoms with E-state index < -0.39 is 0 Å². The zero-order chi connectivity index (χ0) is 16.4. The molecule has 120 valence electrons. The van der Waals surface area contributed by atoms with Gasteiger partial charge in [-0.05, 0) is 31.9 Å². The van der Waals surface area contributed by atoms with Gasteiger partial charge < -0.3 is 10.6 Å². The summed E-state index contributed by atoms with van der Waals surface area (Å²) in [6.45, 7) is 2.42. The number of nitrogens with zero attached hydrogens (tertiary/aromatic N) is 3. The highest BCUT2D eigenvalue weighted by Crippen LogP contribution is 2.30. The first-order valence-corrected chi connectivity index (χ1v) is 7.76. The molecule has 0 bridgehead atoms. The molecule has 2 aromatic heterocycles. The van der Waals surface area contributed by atoms with Gasteiger partial charge in [-0.1, -0.05) is 11.6 Å². The van der Waals surface area contributed by atoms with Crippen molar-refractivity contribution < 1.29 is 9.59 Å². The number of hydrogen-bond acceptors (Lipinski definition) is 4. The normalized spacial score (nSPS) is 13.7. The Morgan fingerprint density at radius 2 is 2.09 bits per heavy atom. The lowest BCUT2D eigenvalue weighted by molar-refractivity contribution is -0.117. The molecule has 0 saturated heterocycles. The third-order valence-electron chi connectivity index (χ3n) is 3.53. The van der Waals surface area contributed by atoms with Crippen LogP contribution in [0.15, 0.2) is 24.5 Å². The van der Waals surface area contributed by atoms with Crippen molar-refractivity contribution in [2.75, 3.05) is 10.6 Å². The molecule has 2 N–H and O–H groups in total. The standard InChI is InChI=1S/C15H16ClN5O2/c1-2-21-13(11(16)8-18-21)15(23)19-10-5-6-12(17-7-10)20-14(22)9-3-4-9/h5-9H,2-4H2,1H3,(H,19,23)(H,17,20,22). The van der Waals surface area contributed by atoms with E-state index in [-0.39, 0.29) is 17.7 Å². The van der Waals surface area contributed by atoms with Crippen molar-refractivity contribution in [1.29, 1.82) is 0 Å². The molecule has 1 fully saturated rings. The Kier molecular flexibility index (Phi) is 4.29. The molecule has 1 aliphatic carbocycles. The van der Waals surface area contributed by atoms with Crippen molar-refractivity contribution >= 4 is 34.9 Å². The molecule has 7 nitrogen and oxygen atoms in total. The van der Waals surface area contributed by atoms with E-state index in [0.717, 1.165) is 12.8 Å². The lowest BCUT2D eigenvalue weighted by Crippen LogP contribution is -2.18. The lowest BCUT2D eigenvalue weighted by Gasteiger charge is -2.08. The van der Waals surface area contributed by atoms with Crippen LogP contribution in [-0.4, -0.2) is 26.6 Å². The summed E-state index contributed by atoms with van der Waals surface area (Å²) in [6, 6.07) is 3.32. The van der Waals surface area contributed by atoms with Crippen molar-refractivity contribution in [1.82, 2.24) is 14.8 Å². The number of aromatic nitrogens is 3. The summed E-state index contributed by atoms with van der Waals surface area (Å²) in [4.78, 5) is 28.1. The average Bonchev–Trinajstić information content (AvgIpc) is 3.32. The zero-order valence-corrected chi connectivity index (χ0v) is 13.3. The van der Waals surface area contributed by atoms with Gasteiger partial charge in [-0.2, -0.15) is 5.10 Å². The highest BCUT2D eigenvalue weighted by atomic mass is 35.5. The van der Waals surface area contributed by atoms with Crippen LogP contribution >= 0.6 is 11.6 Å². The molecular weight excluding hydrogens is 318 g/mol. The fourth-order valence-electron chi connectivity index (χ4n) is 2.13. The second-order valence-corrected chi connectivity index (χ2v) is 5.71. The monoisotopic (exact) mass is 333 g/mol. The molecule has 2 amide bonds. The van der Waals surface area contributed by atoms with Gasteiger partial charge in [0.05, 0.1) is 23.1 Å². The first kappa shape index (κ1) is 15.5. The molecule has 0 unspecified atom stereocenters. The predicted octanol–water partition coefficient (Wildman–Crippen LogP) is 2.55. The van der Waals surface area contributed by atoms with E-state index in [2.05, 4.69) is 20.7 Å². The van der Waals surface area contributed by atoms with E-state index in [4.69, 9.17) is 11.6 Å². The van der Waals surface area contributed by atoms with Crippen molar-refractivity contribution in [2.45, 2.75) is 26.3 Å². The summed E-state index contributed by atoms with van der Waals surface area (Å²) in [5.74, 6) is 0.225. The lowest BCUT2D eigenvalue weighted by atomic mass is 10.3. The topological polar surface area (TPSA) is 88.9 Å². The molecule has 8 heteroatoms. The molecule has 0 atom stereocenters. The minimum Gasteiger partial charge on any atom is -0.319 e. The van der Waals surface area contributed by atoms with Crippen molar-refractivity contribution in [3.8, 4) is 0 Å². The van der Waals surface area contributed by atoms with Crippen LogP contribution in [0.4, 0.5) is 11.5 Å². The molecular formula is C15H16ClN5O2. The molecule has 23 heavy (non-hydrogen) atoms. The van der Waals surface area contributed by atoms with E-state index in [1.54, 1.807) is 12.1 Å². The van der Waals surface area contributed by atoms with Crippen molar-refractivity contribution in [3.63, 3.8) is 0 Å². The number of anilines is 2. The summed E-state index contributed by atoms with van der Waals surface area (Å²) in [7, 11) is 0. The Bertz CT molecular complexity index is 737. The third kappa shape index (κ3) is 3.50. The fraction of sp³-hybridized carbons (Fsp3) is 0.333. The first-order chi connectivity index (χ1) is 11.1. The van der Waals surface area contributed by atoms with Crippen LogP contribution in [-0.2, 0) is 11.3 Å². The number of nitrogens with one attached hydrogen (secondary N) is 2. The SMILES string of the molecule is CCn1ncc(Cl)c1C(=O)Nc1ccc(NC(=O)C2CC2)nc1. The second kappa shape index (κ2) is 6.37. The summed E-state index contributed by atoms with van der Waals surface area (Å²) in [6.07, 6.45) is 4.80. The van der Waals surface area contributed by atoms with Gasteiger partial charge in [-0.3, -0.25) is 14.3 Å². The van der Waals surface area contributed by atoms with E-state index in [9.17, 15) is 9.59 Å². The molecule has 1 saturated carbocycles. The van der Waals surface area contributed by atoms with Crippen LogP contribution < -0.4 is 10.6 Å². The number of rotatable bonds is 5. The second-order valence-electron chi connectivity index (χ2n) is 5.31. The Labute approximate surface area is 138 Å². The molecule has 3 rings (SSSR count). The van der Waals surface area contributed by atoms with Gasteiger partial charge in [0.15, 0.2) is 0 Å². The van der Waals surface area contributed by atoms with E-state index in [0.29, 0.717) is 28.8 Å². The maximum atomic E-state index is 12.3. The molecule has 0 aliphatic heterocycles. The molecule has 2 aromatic rings. The van der Waals surface area contributed by atoms with Gasteiger partial charge in [0.25, 0.3) is 5.91 Å². The van der Waals surface area contributed by atoms with Crippen molar-refractivity contribution in [3.05, 3.63) is 35.2 Å². The number of carbonyl (C=O) groups excluding carboxylic acids is 2.